The highest BCUT2D eigenvalue weighted by Gasteiger charge is 2.15. The van der Waals surface area contributed by atoms with E-state index in [-0.39, 0.29) is 0 Å². The Bertz CT molecular complexity index is 609. The maximum absolute atomic E-state index is 4.28. The molecule has 2 aromatic rings. The van der Waals surface area contributed by atoms with Crippen LogP contribution in [0.5, 0.6) is 0 Å². The van der Waals surface area contributed by atoms with E-state index in [2.05, 4.69) is 75.0 Å². The largest absolute Gasteiger partial charge is 0.334 e. The fourth-order valence-electron chi connectivity index (χ4n) is 2.99. The Morgan fingerprint density at radius 1 is 1.00 bits per heavy atom. The van der Waals surface area contributed by atoms with Gasteiger partial charge in [0, 0.05) is 58.2 Å². The summed E-state index contributed by atoms with van der Waals surface area (Å²) in [4.78, 5) is 9.36. The van der Waals surface area contributed by atoms with E-state index in [0.29, 0.717) is 0 Å². The van der Waals surface area contributed by atoms with E-state index in [1.165, 1.54) is 5.56 Å². The molecule has 0 saturated carbocycles. The monoisotopic (exact) mass is 310 g/mol. The average molecular weight is 310 g/mol. The molecule has 1 aromatic heterocycles. The van der Waals surface area contributed by atoms with Gasteiger partial charge in [-0.15, -0.1) is 0 Å². The van der Waals surface area contributed by atoms with E-state index in [1.54, 1.807) is 0 Å². The van der Waals surface area contributed by atoms with Crippen LogP contribution in [0.15, 0.2) is 48.8 Å². The van der Waals surface area contributed by atoms with Crippen LogP contribution in [0.25, 0.3) is 6.08 Å². The topological polar surface area (TPSA) is 24.3 Å². The summed E-state index contributed by atoms with van der Waals surface area (Å²) in [6.07, 6.45) is 8.44. The molecule has 0 spiro atoms. The Kier molecular flexibility index (Phi) is 5.61. The van der Waals surface area contributed by atoms with Crippen LogP contribution >= 0.6 is 0 Å². The van der Waals surface area contributed by atoms with E-state index in [4.69, 9.17) is 0 Å². The summed E-state index contributed by atoms with van der Waals surface area (Å²) in [5.41, 5.74) is 1.28. The van der Waals surface area contributed by atoms with Crippen LogP contribution in [-0.4, -0.2) is 58.6 Å². The summed E-state index contributed by atoms with van der Waals surface area (Å²) in [7, 11) is 0. The normalized spacial score (nSPS) is 17.1. The number of imidazole rings is 1. The third kappa shape index (κ3) is 4.78. The van der Waals surface area contributed by atoms with Crippen LogP contribution in [0.4, 0.5) is 0 Å². The van der Waals surface area contributed by atoms with Crippen LogP contribution in [-0.2, 0) is 6.54 Å². The lowest BCUT2D eigenvalue weighted by molar-refractivity contribution is 0.139. The van der Waals surface area contributed by atoms with Gasteiger partial charge in [0.15, 0.2) is 0 Å². The molecule has 23 heavy (non-hydrogen) atoms. The number of rotatable bonds is 6. The minimum atomic E-state index is 1.04. The predicted molar refractivity (Wildman–Crippen MR) is 95.3 cm³/mol. The average Bonchev–Trinajstić information content (AvgIpc) is 3.00. The minimum Gasteiger partial charge on any atom is -0.334 e. The van der Waals surface area contributed by atoms with Gasteiger partial charge in [0.25, 0.3) is 0 Å². The van der Waals surface area contributed by atoms with Gasteiger partial charge in [-0.3, -0.25) is 9.80 Å². The van der Waals surface area contributed by atoms with Gasteiger partial charge in [-0.2, -0.15) is 0 Å². The van der Waals surface area contributed by atoms with E-state index in [1.807, 2.05) is 6.20 Å². The van der Waals surface area contributed by atoms with Crippen molar-refractivity contribution < 1.29 is 0 Å². The van der Waals surface area contributed by atoms with Crippen molar-refractivity contribution in [3.63, 3.8) is 0 Å². The Hall–Kier alpha value is -1.91. The minimum absolute atomic E-state index is 1.04. The fourth-order valence-corrected chi connectivity index (χ4v) is 2.99. The van der Waals surface area contributed by atoms with Crippen molar-refractivity contribution >= 4 is 6.08 Å². The number of aryl methyl sites for hydroxylation is 1. The zero-order valence-electron chi connectivity index (χ0n) is 13.9. The van der Waals surface area contributed by atoms with Gasteiger partial charge in [-0.1, -0.05) is 42.5 Å². The molecule has 0 bridgehead atoms. The molecular weight excluding hydrogens is 284 g/mol. The Labute approximate surface area is 139 Å². The SMILES string of the molecule is Cc1nccn1CCN1CCN(C/C=C/c2ccccc2)CC1. The van der Waals surface area contributed by atoms with Gasteiger partial charge in [-0.05, 0) is 12.5 Å². The molecule has 0 atom stereocenters. The summed E-state index contributed by atoms with van der Waals surface area (Å²) >= 11 is 0. The van der Waals surface area contributed by atoms with Crippen molar-refractivity contribution in [3.05, 3.63) is 60.2 Å². The van der Waals surface area contributed by atoms with E-state index in [0.717, 1.165) is 51.6 Å². The van der Waals surface area contributed by atoms with Crippen molar-refractivity contribution in [3.8, 4) is 0 Å². The highest BCUT2D eigenvalue weighted by molar-refractivity contribution is 5.48. The first-order valence-corrected chi connectivity index (χ1v) is 8.45. The first kappa shape index (κ1) is 16.0. The molecule has 3 rings (SSSR count). The van der Waals surface area contributed by atoms with Gasteiger partial charge >= 0.3 is 0 Å². The summed E-state index contributed by atoms with van der Waals surface area (Å²) in [5, 5.41) is 0. The number of hydrogen-bond acceptors (Lipinski definition) is 3. The number of nitrogens with zero attached hydrogens (tertiary/aromatic N) is 4. The molecular formula is C19H26N4. The lowest BCUT2D eigenvalue weighted by Crippen LogP contribution is -2.47. The second kappa shape index (κ2) is 8.09. The Balaban J connectivity index is 1.37. The number of aromatic nitrogens is 2. The highest BCUT2D eigenvalue weighted by atomic mass is 15.3. The first-order chi connectivity index (χ1) is 11.3. The molecule has 0 amide bonds. The first-order valence-electron chi connectivity index (χ1n) is 8.45. The number of hydrogen-bond donors (Lipinski definition) is 0. The molecule has 4 heteroatoms. The summed E-state index contributed by atoms with van der Waals surface area (Å²) in [5.74, 6) is 1.11. The molecule has 0 radical (unpaired) electrons. The number of benzene rings is 1. The molecule has 2 heterocycles. The van der Waals surface area contributed by atoms with Crippen molar-refractivity contribution in [1.82, 2.24) is 19.4 Å². The molecule has 1 saturated heterocycles. The van der Waals surface area contributed by atoms with Crippen LogP contribution < -0.4 is 0 Å². The fraction of sp³-hybridized carbons (Fsp3) is 0.421. The van der Waals surface area contributed by atoms with Gasteiger partial charge in [0.1, 0.15) is 5.82 Å². The third-order valence-electron chi connectivity index (χ3n) is 4.52. The summed E-state index contributed by atoms with van der Waals surface area (Å²) in [6.45, 7) is 9.90. The van der Waals surface area contributed by atoms with Crippen molar-refractivity contribution in [2.45, 2.75) is 13.5 Å². The molecule has 1 aliphatic heterocycles. The second-order valence-electron chi connectivity index (χ2n) is 6.12. The standard InChI is InChI=1S/C19H26N4/c1-18-20-9-11-23(18)17-16-22-14-12-21(13-15-22)10-5-8-19-6-3-2-4-7-19/h2-9,11H,10,12-17H2,1H3/b8-5+. The van der Waals surface area contributed by atoms with Crippen molar-refractivity contribution in [1.29, 1.82) is 0 Å². The lowest BCUT2D eigenvalue weighted by atomic mass is 10.2. The molecule has 0 unspecified atom stereocenters. The Morgan fingerprint density at radius 2 is 1.74 bits per heavy atom. The van der Waals surface area contributed by atoms with Gasteiger partial charge < -0.3 is 4.57 Å². The molecule has 1 fully saturated rings. The maximum Gasteiger partial charge on any atom is 0.105 e. The van der Waals surface area contributed by atoms with Crippen LogP contribution in [0.3, 0.4) is 0 Å². The van der Waals surface area contributed by atoms with Crippen LogP contribution in [0, 0.1) is 6.92 Å². The molecule has 0 N–H and O–H groups in total. The third-order valence-corrected chi connectivity index (χ3v) is 4.52. The molecule has 0 aliphatic carbocycles. The molecule has 122 valence electrons. The number of piperazine rings is 1. The van der Waals surface area contributed by atoms with E-state index in [9.17, 15) is 0 Å². The zero-order valence-corrected chi connectivity index (χ0v) is 13.9. The summed E-state index contributed by atoms with van der Waals surface area (Å²) in [6, 6.07) is 10.5. The zero-order chi connectivity index (χ0) is 15.9. The van der Waals surface area contributed by atoms with Crippen molar-refractivity contribution in [2.24, 2.45) is 0 Å². The quantitative estimate of drug-likeness (QED) is 0.819. The van der Waals surface area contributed by atoms with Gasteiger partial charge in [0.05, 0.1) is 0 Å². The molecule has 4 nitrogen and oxygen atoms in total. The predicted octanol–water partition coefficient (Wildman–Crippen LogP) is 2.52. The molecule has 1 aliphatic rings. The highest BCUT2D eigenvalue weighted by Crippen LogP contribution is 2.05. The second-order valence-corrected chi connectivity index (χ2v) is 6.12. The van der Waals surface area contributed by atoms with Crippen LogP contribution in [0.2, 0.25) is 0 Å². The maximum atomic E-state index is 4.28. The van der Waals surface area contributed by atoms with Crippen molar-refractivity contribution in [2.75, 3.05) is 39.3 Å². The smallest absolute Gasteiger partial charge is 0.105 e. The summed E-state index contributed by atoms with van der Waals surface area (Å²) < 4.78 is 2.23. The van der Waals surface area contributed by atoms with Gasteiger partial charge in [0.2, 0.25) is 0 Å². The van der Waals surface area contributed by atoms with E-state index >= 15 is 0 Å². The lowest BCUT2D eigenvalue weighted by Gasteiger charge is -2.34. The van der Waals surface area contributed by atoms with E-state index < -0.39 is 0 Å². The molecule has 1 aromatic carbocycles. The van der Waals surface area contributed by atoms with Crippen LogP contribution in [0.1, 0.15) is 11.4 Å². The Morgan fingerprint density at radius 3 is 2.43 bits per heavy atom. The van der Waals surface area contributed by atoms with Gasteiger partial charge in [-0.25, -0.2) is 4.98 Å².